The summed E-state index contributed by atoms with van der Waals surface area (Å²) in [7, 11) is 0. The Bertz CT molecular complexity index is 324. The molecular formula is C13H23N3. The van der Waals surface area contributed by atoms with Crippen LogP contribution in [0.1, 0.15) is 44.7 Å². The molecule has 1 N–H and O–H groups in total. The van der Waals surface area contributed by atoms with Crippen molar-refractivity contribution in [1.29, 1.82) is 0 Å². The zero-order valence-electron chi connectivity index (χ0n) is 10.5. The summed E-state index contributed by atoms with van der Waals surface area (Å²) in [6.45, 7) is 6.43. The van der Waals surface area contributed by atoms with Gasteiger partial charge in [0.25, 0.3) is 0 Å². The maximum atomic E-state index is 4.54. The molecule has 1 fully saturated rings. The van der Waals surface area contributed by atoms with E-state index in [1.54, 1.807) is 0 Å². The smallest absolute Gasteiger partial charge is 0.203 e. The second-order valence-electron chi connectivity index (χ2n) is 4.93. The van der Waals surface area contributed by atoms with Crippen LogP contribution in [0, 0.1) is 12.8 Å². The van der Waals surface area contributed by atoms with Crippen molar-refractivity contribution >= 4 is 5.95 Å². The summed E-state index contributed by atoms with van der Waals surface area (Å²) in [4.78, 5) is 4.54. The molecule has 0 saturated heterocycles. The third-order valence-corrected chi connectivity index (χ3v) is 3.39. The Hall–Kier alpha value is -0.990. The zero-order valence-corrected chi connectivity index (χ0v) is 10.5. The van der Waals surface area contributed by atoms with E-state index in [0.717, 1.165) is 37.1 Å². The average Bonchev–Trinajstić information content (AvgIpc) is 2.86. The number of nitrogens with zero attached hydrogens (tertiary/aromatic N) is 2. The zero-order chi connectivity index (χ0) is 11.4. The van der Waals surface area contributed by atoms with Crippen LogP contribution in [0.2, 0.25) is 0 Å². The van der Waals surface area contributed by atoms with E-state index >= 15 is 0 Å². The van der Waals surface area contributed by atoms with Gasteiger partial charge in [-0.1, -0.05) is 19.8 Å². The molecule has 0 aliphatic heterocycles. The Morgan fingerprint density at radius 2 is 2.19 bits per heavy atom. The first kappa shape index (κ1) is 11.5. The average molecular weight is 221 g/mol. The molecular weight excluding hydrogens is 198 g/mol. The second-order valence-corrected chi connectivity index (χ2v) is 4.93. The van der Waals surface area contributed by atoms with Crippen molar-refractivity contribution in [1.82, 2.24) is 9.55 Å². The van der Waals surface area contributed by atoms with Gasteiger partial charge in [-0.3, -0.25) is 0 Å². The predicted molar refractivity (Wildman–Crippen MR) is 67.7 cm³/mol. The highest BCUT2D eigenvalue weighted by atomic mass is 15.2. The molecule has 1 aliphatic carbocycles. The van der Waals surface area contributed by atoms with E-state index in [0.29, 0.717) is 0 Å². The maximum Gasteiger partial charge on any atom is 0.203 e. The molecule has 0 bridgehead atoms. The third-order valence-electron chi connectivity index (χ3n) is 3.39. The van der Waals surface area contributed by atoms with Crippen LogP contribution in [0.4, 0.5) is 5.95 Å². The van der Waals surface area contributed by atoms with Gasteiger partial charge in [-0.15, -0.1) is 0 Å². The van der Waals surface area contributed by atoms with Gasteiger partial charge in [-0.25, -0.2) is 4.98 Å². The largest absolute Gasteiger partial charge is 0.355 e. The number of hydrogen-bond acceptors (Lipinski definition) is 2. The predicted octanol–water partition coefficient (Wildman–Crippen LogP) is 3.20. The number of imidazole rings is 1. The van der Waals surface area contributed by atoms with Crippen molar-refractivity contribution in [3.63, 3.8) is 0 Å². The minimum absolute atomic E-state index is 0.868. The Morgan fingerprint density at radius 3 is 2.88 bits per heavy atom. The number of anilines is 1. The lowest BCUT2D eigenvalue weighted by atomic mass is 10.1. The molecule has 0 spiro atoms. The monoisotopic (exact) mass is 221 g/mol. The van der Waals surface area contributed by atoms with Gasteiger partial charge in [0.1, 0.15) is 0 Å². The molecule has 0 aromatic carbocycles. The number of hydrogen-bond donors (Lipinski definition) is 1. The Labute approximate surface area is 98.3 Å². The summed E-state index contributed by atoms with van der Waals surface area (Å²) in [5, 5.41) is 3.51. The molecule has 1 aromatic rings. The maximum absolute atomic E-state index is 4.54. The highest BCUT2D eigenvalue weighted by Gasteiger charge is 2.15. The molecule has 0 radical (unpaired) electrons. The van der Waals surface area contributed by atoms with Gasteiger partial charge in [0.05, 0.1) is 5.69 Å². The summed E-state index contributed by atoms with van der Waals surface area (Å²) in [5.41, 5.74) is 1.11. The molecule has 3 nitrogen and oxygen atoms in total. The minimum atomic E-state index is 0.868. The fourth-order valence-corrected chi connectivity index (χ4v) is 2.55. The Morgan fingerprint density at radius 1 is 1.44 bits per heavy atom. The summed E-state index contributed by atoms with van der Waals surface area (Å²) < 4.78 is 2.24. The standard InChI is InChI=1S/C13H23N3/c1-3-8-16-10-11(2)15-13(16)14-9-12-6-4-5-7-12/h10,12H,3-9H2,1-2H3,(H,14,15). The molecule has 0 amide bonds. The van der Waals surface area contributed by atoms with E-state index < -0.39 is 0 Å². The van der Waals surface area contributed by atoms with Crippen molar-refractivity contribution in [2.75, 3.05) is 11.9 Å². The normalized spacial score (nSPS) is 16.9. The van der Waals surface area contributed by atoms with E-state index in [4.69, 9.17) is 0 Å². The number of nitrogens with one attached hydrogen (secondary N) is 1. The van der Waals surface area contributed by atoms with Crippen LogP contribution < -0.4 is 5.32 Å². The number of aryl methyl sites for hydroxylation is 2. The quantitative estimate of drug-likeness (QED) is 0.827. The second kappa shape index (κ2) is 5.37. The first-order valence-corrected chi connectivity index (χ1v) is 6.57. The third kappa shape index (κ3) is 2.77. The molecule has 1 saturated carbocycles. The van der Waals surface area contributed by atoms with Crippen molar-refractivity contribution in [2.24, 2.45) is 5.92 Å². The topological polar surface area (TPSA) is 29.9 Å². The molecule has 2 rings (SSSR count). The van der Waals surface area contributed by atoms with Crippen molar-refractivity contribution in [2.45, 2.75) is 52.5 Å². The lowest BCUT2D eigenvalue weighted by Crippen LogP contribution is -2.14. The van der Waals surface area contributed by atoms with Crippen LogP contribution in [0.3, 0.4) is 0 Å². The summed E-state index contributed by atoms with van der Waals surface area (Å²) in [5.74, 6) is 1.93. The highest BCUT2D eigenvalue weighted by molar-refractivity contribution is 5.28. The first-order valence-electron chi connectivity index (χ1n) is 6.57. The van der Waals surface area contributed by atoms with Gasteiger partial charge >= 0.3 is 0 Å². The van der Waals surface area contributed by atoms with Crippen LogP contribution in [-0.2, 0) is 6.54 Å². The molecule has 16 heavy (non-hydrogen) atoms. The van der Waals surface area contributed by atoms with Gasteiger partial charge in [-0.05, 0) is 32.1 Å². The van der Waals surface area contributed by atoms with Crippen molar-refractivity contribution in [3.05, 3.63) is 11.9 Å². The number of aromatic nitrogens is 2. The van der Waals surface area contributed by atoms with E-state index in [1.807, 2.05) is 0 Å². The van der Waals surface area contributed by atoms with Crippen LogP contribution >= 0.6 is 0 Å². The van der Waals surface area contributed by atoms with Crippen molar-refractivity contribution in [3.8, 4) is 0 Å². The van der Waals surface area contributed by atoms with E-state index in [9.17, 15) is 0 Å². The van der Waals surface area contributed by atoms with Gasteiger partial charge in [-0.2, -0.15) is 0 Å². The Balaban J connectivity index is 1.91. The lowest BCUT2D eigenvalue weighted by Gasteiger charge is -2.12. The molecule has 0 atom stereocenters. The molecule has 1 heterocycles. The van der Waals surface area contributed by atoms with Crippen LogP contribution in [0.25, 0.3) is 0 Å². The van der Waals surface area contributed by atoms with Crippen LogP contribution in [0.15, 0.2) is 6.20 Å². The summed E-state index contributed by atoms with van der Waals surface area (Å²) in [6, 6.07) is 0. The summed E-state index contributed by atoms with van der Waals surface area (Å²) in [6.07, 6.45) is 8.90. The molecule has 1 aliphatic rings. The fourth-order valence-electron chi connectivity index (χ4n) is 2.55. The molecule has 1 aromatic heterocycles. The highest BCUT2D eigenvalue weighted by Crippen LogP contribution is 2.24. The van der Waals surface area contributed by atoms with Gasteiger partial charge < -0.3 is 9.88 Å². The minimum Gasteiger partial charge on any atom is -0.355 e. The van der Waals surface area contributed by atoms with Gasteiger partial charge in [0, 0.05) is 19.3 Å². The fraction of sp³-hybridized carbons (Fsp3) is 0.769. The molecule has 3 heteroatoms. The van der Waals surface area contributed by atoms with Gasteiger partial charge in [0.15, 0.2) is 0 Å². The van der Waals surface area contributed by atoms with E-state index in [2.05, 4.69) is 34.9 Å². The Kier molecular flexibility index (Phi) is 3.86. The van der Waals surface area contributed by atoms with Crippen molar-refractivity contribution < 1.29 is 0 Å². The molecule has 0 unspecified atom stereocenters. The molecule has 90 valence electrons. The van der Waals surface area contributed by atoms with Crippen LogP contribution in [-0.4, -0.2) is 16.1 Å². The first-order chi connectivity index (χ1) is 7.79. The van der Waals surface area contributed by atoms with E-state index in [1.165, 1.54) is 25.7 Å². The van der Waals surface area contributed by atoms with Crippen LogP contribution in [0.5, 0.6) is 0 Å². The lowest BCUT2D eigenvalue weighted by molar-refractivity contribution is 0.573. The SMILES string of the molecule is CCCn1cc(C)nc1NCC1CCCC1. The summed E-state index contributed by atoms with van der Waals surface area (Å²) >= 11 is 0. The van der Waals surface area contributed by atoms with E-state index in [-0.39, 0.29) is 0 Å². The van der Waals surface area contributed by atoms with Gasteiger partial charge in [0.2, 0.25) is 5.95 Å². The number of rotatable bonds is 5.